The van der Waals surface area contributed by atoms with Crippen LogP contribution >= 0.6 is 11.8 Å². The number of ether oxygens (including phenoxy) is 1. The molecule has 0 aromatic heterocycles. The van der Waals surface area contributed by atoms with Gasteiger partial charge in [-0.15, -0.1) is 11.8 Å². The SMILES string of the molecule is CCOC(=O)CSc1cc(F)cc(CNC)c1. The van der Waals surface area contributed by atoms with E-state index in [4.69, 9.17) is 4.74 Å². The normalized spacial score (nSPS) is 10.3. The quantitative estimate of drug-likeness (QED) is 0.626. The van der Waals surface area contributed by atoms with Gasteiger partial charge in [-0.25, -0.2) is 4.39 Å². The summed E-state index contributed by atoms with van der Waals surface area (Å²) < 4.78 is 18.1. The van der Waals surface area contributed by atoms with Gasteiger partial charge in [0.25, 0.3) is 0 Å². The number of hydrogen-bond acceptors (Lipinski definition) is 4. The van der Waals surface area contributed by atoms with Crippen molar-refractivity contribution in [2.75, 3.05) is 19.4 Å². The molecule has 1 aromatic carbocycles. The lowest BCUT2D eigenvalue weighted by Crippen LogP contribution is -2.07. The van der Waals surface area contributed by atoms with E-state index >= 15 is 0 Å². The van der Waals surface area contributed by atoms with Crippen LogP contribution in [0.5, 0.6) is 0 Å². The summed E-state index contributed by atoms with van der Waals surface area (Å²) in [6, 6.07) is 4.76. The van der Waals surface area contributed by atoms with E-state index in [-0.39, 0.29) is 17.5 Å². The molecule has 0 radical (unpaired) electrons. The molecule has 0 unspecified atom stereocenters. The molecule has 0 aliphatic rings. The molecule has 0 fully saturated rings. The first-order valence-corrected chi connectivity index (χ1v) is 6.36. The van der Waals surface area contributed by atoms with Crippen molar-refractivity contribution >= 4 is 17.7 Å². The molecule has 0 atom stereocenters. The topological polar surface area (TPSA) is 38.3 Å². The van der Waals surface area contributed by atoms with Crippen LogP contribution in [0.4, 0.5) is 4.39 Å². The van der Waals surface area contributed by atoms with Crippen molar-refractivity contribution < 1.29 is 13.9 Å². The summed E-state index contributed by atoms with van der Waals surface area (Å²) in [5, 5.41) is 2.96. The third-order valence-electron chi connectivity index (χ3n) is 1.97. The zero-order valence-corrected chi connectivity index (χ0v) is 10.8. The van der Waals surface area contributed by atoms with Crippen LogP contribution in [0, 0.1) is 5.82 Å². The Kier molecular flexibility index (Phi) is 6.00. The predicted molar refractivity (Wildman–Crippen MR) is 66.5 cm³/mol. The van der Waals surface area contributed by atoms with Crippen LogP contribution in [0.2, 0.25) is 0 Å². The molecule has 0 heterocycles. The molecule has 0 saturated heterocycles. The van der Waals surface area contributed by atoms with Gasteiger partial charge in [-0.05, 0) is 37.7 Å². The molecule has 5 heteroatoms. The summed E-state index contributed by atoms with van der Waals surface area (Å²) in [5.74, 6) is -0.364. The average Bonchev–Trinajstić information content (AvgIpc) is 2.26. The van der Waals surface area contributed by atoms with E-state index in [9.17, 15) is 9.18 Å². The Morgan fingerprint density at radius 1 is 1.47 bits per heavy atom. The second kappa shape index (κ2) is 7.29. The minimum absolute atomic E-state index is 0.205. The molecule has 0 spiro atoms. The molecule has 0 amide bonds. The van der Waals surface area contributed by atoms with Gasteiger partial charge in [-0.3, -0.25) is 4.79 Å². The first-order chi connectivity index (χ1) is 8.15. The van der Waals surface area contributed by atoms with Gasteiger partial charge >= 0.3 is 5.97 Å². The van der Waals surface area contributed by atoms with Crippen molar-refractivity contribution in [2.45, 2.75) is 18.4 Å². The molecule has 94 valence electrons. The van der Waals surface area contributed by atoms with E-state index in [2.05, 4.69) is 5.32 Å². The highest BCUT2D eigenvalue weighted by Gasteiger charge is 2.05. The van der Waals surface area contributed by atoms with Crippen LogP contribution in [0.3, 0.4) is 0 Å². The molecule has 1 rings (SSSR count). The average molecular weight is 257 g/mol. The van der Waals surface area contributed by atoms with Gasteiger partial charge in [0, 0.05) is 11.4 Å². The van der Waals surface area contributed by atoms with Crippen molar-refractivity contribution in [3.8, 4) is 0 Å². The molecule has 0 aliphatic heterocycles. The maximum Gasteiger partial charge on any atom is 0.316 e. The lowest BCUT2D eigenvalue weighted by molar-refractivity contribution is -0.139. The zero-order valence-electron chi connectivity index (χ0n) is 9.96. The van der Waals surface area contributed by atoms with Crippen LogP contribution in [0.1, 0.15) is 12.5 Å². The number of carbonyl (C=O) groups excluding carboxylic acids is 1. The maximum atomic E-state index is 13.3. The van der Waals surface area contributed by atoms with Crippen LogP contribution in [0.15, 0.2) is 23.1 Å². The number of nitrogens with one attached hydrogen (secondary N) is 1. The van der Waals surface area contributed by atoms with Crippen LogP contribution in [0.25, 0.3) is 0 Å². The van der Waals surface area contributed by atoms with Crippen molar-refractivity contribution in [3.05, 3.63) is 29.6 Å². The molecule has 0 saturated carbocycles. The van der Waals surface area contributed by atoms with Gasteiger partial charge in [0.1, 0.15) is 5.82 Å². The lowest BCUT2D eigenvalue weighted by atomic mass is 10.2. The Hall–Kier alpha value is -1.07. The largest absolute Gasteiger partial charge is 0.465 e. The molecular weight excluding hydrogens is 241 g/mol. The van der Waals surface area contributed by atoms with Crippen LogP contribution in [-0.2, 0) is 16.1 Å². The molecule has 1 N–H and O–H groups in total. The monoisotopic (exact) mass is 257 g/mol. The summed E-state index contributed by atoms with van der Waals surface area (Å²) in [4.78, 5) is 11.9. The number of halogens is 1. The highest BCUT2D eigenvalue weighted by molar-refractivity contribution is 8.00. The van der Waals surface area contributed by atoms with Crippen molar-refractivity contribution in [3.63, 3.8) is 0 Å². The Morgan fingerprint density at radius 2 is 2.24 bits per heavy atom. The first kappa shape index (κ1) is 14.0. The second-order valence-corrected chi connectivity index (χ2v) is 4.47. The third-order valence-corrected chi connectivity index (χ3v) is 2.92. The summed E-state index contributed by atoms with van der Waals surface area (Å²) in [6.07, 6.45) is 0. The molecule has 3 nitrogen and oxygen atoms in total. The van der Waals surface area contributed by atoms with Crippen molar-refractivity contribution in [1.29, 1.82) is 0 Å². The van der Waals surface area contributed by atoms with E-state index < -0.39 is 0 Å². The molecular formula is C12H16FNO2S. The van der Waals surface area contributed by atoms with Gasteiger partial charge in [-0.2, -0.15) is 0 Å². The first-order valence-electron chi connectivity index (χ1n) is 5.38. The number of esters is 1. The van der Waals surface area contributed by atoms with E-state index in [1.54, 1.807) is 14.0 Å². The number of hydrogen-bond donors (Lipinski definition) is 1. The summed E-state index contributed by atoms with van der Waals surface area (Å²) in [5.41, 5.74) is 0.860. The Balaban J connectivity index is 2.61. The molecule has 0 aliphatic carbocycles. The van der Waals surface area contributed by atoms with E-state index in [0.717, 1.165) is 10.5 Å². The fourth-order valence-electron chi connectivity index (χ4n) is 1.36. The van der Waals surface area contributed by atoms with Gasteiger partial charge in [0.2, 0.25) is 0 Å². The summed E-state index contributed by atoms with van der Waals surface area (Å²) >= 11 is 1.28. The van der Waals surface area contributed by atoms with Gasteiger partial charge in [0.05, 0.1) is 12.4 Å². The number of rotatable bonds is 6. The Bertz CT molecular complexity index is 385. The van der Waals surface area contributed by atoms with Gasteiger partial charge < -0.3 is 10.1 Å². The van der Waals surface area contributed by atoms with E-state index in [0.29, 0.717) is 13.2 Å². The van der Waals surface area contributed by atoms with E-state index in [1.807, 2.05) is 6.07 Å². The number of thioether (sulfide) groups is 1. The molecule has 0 bridgehead atoms. The fraction of sp³-hybridized carbons (Fsp3) is 0.417. The summed E-state index contributed by atoms with van der Waals surface area (Å²) in [6.45, 7) is 2.73. The minimum atomic E-state index is -0.288. The van der Waals surface area contributed by atoms with Crippen LogP contribution in [-0.4, -0.2) is 25.4 Å². The second-order valence-electron chi connectivity index (χ2n) is 3.42. The number of carbonyl (C=O) groups is 1. The van der Waals surface area contributed by atoms with Crippen molar-refractivity contribution in [1.82, 2.24) is 5.32 Å². The fourth-order valence-corrected chi connectivity index (χ4v) is 2.15. The molecule has 17 heavy (non-hydrogen) atoms. The van der Waals surface area contributed by atoms with Gasteiger partial charge in [-0.1, -0.05) is 0 Å². The predicted octanol–water partition coefficient (Wildman–Crippen LogP) is 2.20. The Morgan fingerprint density at radius 3 is 2.88 bits per heavy atom. The smallest absolute Gasteiger partial charge is 0.316 e. The van der Waals surface area contributed by atoms with Gasteiger partial charge in [0.15, 0.2) is 0 Å². The van der Waals surface area contributed by atoms with Crippen molar-refractivity contribution in [2.24, 2.45) is 0 Å². The van der Waals surface area contributed by atoms with Crippen LogP contribution < -0.4 is 5.32 Å². The molecule has 1 aromatic rings. The summed E-state index contributed by atoms with van der Waals surface area (Å²) in [7, 11) is 1.80. The number of benzene rings is 1. The Labute approximate surface area is 105 Å². The highest BCUT2D eigenvalue weighted by atomic mass is 32.2. The zero-order chi connectivity index (χ0) is 12.7. The third kappa shape index (κ3) is 5.19. The standard InChI is InChI=1S/C12H16FNO2S/c1-3-16-12(15)8-17-11-5-9(7-14-2)4-10(13)6-11/h4-6,14H,3,7-8H2,1-2H3. The lowest BCUT2D eigenvalue weighted by Gasteiger charge is -2.05. The maximum absolute atomic E-state index is 13.3. The van der Waals surface area contributed by atoms with E-state index in [1.165, 1.54) is 23.9 Å². The minimum Gasteiger partial charge on any atom is -0.465 e. The highest BCUT2D eigenvalue weighted by Crippen LogP contribution is 2.21.